The second-order valence-corrected chi connectivity index (χ2v) is 4.43. The molecule has 5 nitrogen and oxygen atoms in total. The molecule has 21 heavy (non-hydrogen) atoms. The van der Waals surface area contributed by atoms with Gasteiger partial charge in [0, 0.05) is 12.2 Å². The van der Waals surface area contributed by atoms with Crippen molar-refractivity contribution in [3.8, 4) is 0 Å². The molecule has 0 saturated heterocycles. The van der Waals surface area contributed by atoms with Crippen LogP contribution in [-0.2, 0) is 15.8 Å². The number of hydrogen-bond donors (Lipinski definition) is 3. The third-order valence-corrected chi connectivity index (χ3v) is 2.50. The zero-order valence-corrected chi connectivity index (χ0v) is 11.2. The maximum absolute atomic E-state index is 12.5. The third kappa shape index (κ3) is 5.82. The minimum Gasteiger partial charge on any atom is -0.393 e. The molecule has 1 rings (SSSR count). The highest BCUT2D eigenvalue weighted by Gasteiger charge is 2.30. The number of carbonyl (C=O) groups is 2. The molecule has 116 valence electrons. The van der Waals surface area contributed by atoms with Gasteiger partial charge in [0.05, 0.1) is 11.7 Å². The summed E-state index contributed by atoms with van der Waals surface area (Å²) in [6, 6.07) is 3.97. The summed E-state index contributed by atoms with van der Waals surface area (Å²) in [7, 11) is 0. The summed E-state index contributed by atoms with van der Waals surface area (Å²) in [5, 5.41) is 13.3. The summed E-state index contributed by atoms with van der Waals surface area (Å²) < 4.78 is 37.5. The zero-order valence-electron chi connectivity index (χ0n) is 11.2. The maximum Gasteiger partial charge on any atom is 0.416 e. The second-order valence-electron chi connectivity index (χ2n) is 4.43. The van der Waals surface area contributed by atoms with E-state index in [1.165, 1.54) is 13.0 Å². The maximum atomic E-state index is 12.5. The lowest BCUT2D eigenvalue weighted by molar-refractivity contribution is -0.137. The van der Waals surface area contributed by atoms with Crippen molar-refractivity contribution >= 4 is 17.5 Å². The Morgan fingerprint density at radius 1 is 1.29 bits per heavy atom. The summed E-state index contributed by atoms with van der Waals surface area (Å²) in [5.41, 5.74) is -1.05. The van der Waals surface area contributed by atoms with Gasteiger partial charge < -0.3 is 15.7 Å². The van der Waals surface area contributed by atoms with E-state index in [0.717, 1.165) is 18.2 Å². The fraction of sp³-hybridized carbons (Fsp3) is 0.385. The topological polar surface area (TPSA) is 78.4 Å². The van der Waals surface area contributed by atoms with Crippen LogP contribution < -0.4 is 10.6 Å². The van der Waals surface area contributed by atoms with Crippen LogP contribution in [0.5, 0.6) is 0 Å². The van der Waals surface area contributed by atoms with E-state index in [4.69, 9.17) is 5.11 Å². The molecule has 0 aliphatic heterocycles. The number of aliphatic hydroxyl groups excluding tert-OH is 1. The molecule has 0 radical (unpaired) electrons. The molecule has 0 heterocycles. The number of nitrogens with one attached hydrogen (secondary N) is 2. The van der Waals surface area contributed by atoms with Crippen molar-refractivity contribution in [3.63, 3.8) is 0 Å². The van der Waals surface area contributed by atoms with Gasteiger partial charge in [0.1, 0.15) is 0 Å². The Balaban J connectivity index is 2.60. The average molecular weight is 304 g/mol. The first-order valence-corrected chi connectivity index (χ1v) is 6.14. The monoisotopic (exact) mass is 304 g/mol. The summed E-state index contributed by atoms with van der Waals surface area (Å²) in [6.07, 6.45) is -4.89. The minimum absolute atomic E-state index is 0.0898. The smallest absolute Gasteiger partial charge is 0.393 e. The van der Waals surface area contributed by atoms with Crippen molar-refractivity contribution < 1.29 is 27.9 Å². The zero-order chi connectivity index (χ0) is 16.0. The molecule has 0 spiro atoms. The van der Waals surface area contributed by atoms with Crippen molar-refractivity contribution in [2.75, 3.05) is 11.9 Å². The number of anilines is 1. The summed E-state index contributed by atoms with van der Waals surface area (Å²) in [5.74, 6) is -2.05. The molecule has 3 N–H and O–H groups in total. The Hall–Kier alpha value is -2.09. The number of benzene rings is 1. The molecule has 0 aliphatic rings. The van der Waals surface area contributed by atoms with E-state index in [9.17, 15) is 22.8 Å². The van der Waals surface area contributed by atoms with Crippen molar-refractivity contribution in [2.45, 2.75) is 25.6 Å². The molecule has 8 heteroatoms. The van der Waals surface area contributed by atoms with E-state index < -0.39 is 29.7 Å². The molecule has 1 aromatic rings. The van der Waals surface area contributed by atoms with Gasteiger partial charge in [-0.05, 0) is 31.5 Å². The van der Waals surface area contributed by atoms with Gasteiger partial charge in [0.25, 0.3) is 0 Å². The predicted molar refractivity (Wildman–Crippen MR) is 69.4 cm³/mol. The fourth-order valence-corrected chi connectivity index (χ4v) is 1.44. The van der Waals surface area contributed by atoms with Crippen LogP contribution in [0.15, 0.2) is 24.3 Å². The van der Waals surface area contributed by atoms with Gasteiger partial charge >= 0.3 is 18.0 Å². The lowest BCUT2D eigenvalue weighted by Gasteiger charge is -2.10. The molecular formula is C13H15F3N2O3. The predicted octanol–water partition coefficient (Wildman–Crippen LogP) is 1.53. The number of rotatable bonds is 4. The molecule has 1 unspecified atom stereocenters. The minimum atomic E-state index is -4.53. The van der Waals surface area contributed by atoms with E-state index in [1.54, 1.807) is 0 Å². The largest absolute Gasteiger partial charge is 0.416 e. The third-order valence-electron chi connectivity index (χ3n) is 2.50. The lowest BCUT2D eigenvalue weighted by Crippen LogP contribution is -2.36. The van der Waals surface area contributed by atoms with E-state index in [0.29, 0.717) is 0 Å². The van der Waals surface area contributed by atoms with Crippen molar-refractivity contribution in [1.82, 2.24) is 5.32 Å². The molecule has 1 atom stereocenters. The summed E-state index contributed by atoms with van der Waals surface area (Å²) in [4.78, 5) is 22.9. The number of amides is 2. The summed E-state index contributed by atoms with van der Waals surface area (Å²) >= 11 is 0. The summed E-state index contributed by atoms with van der Waals surface area (Å²) in [6.45, 7) is 1.61. The van der Waals surface area contributed by atoms with E-state index >= 15 is 0 Å². The van der Waals surface area contributed by atoms with Crippen LogP contribution in [0.2, 0.25) is 0 Å². The van der Waals surface area contributed by atoms with Crippen molar-refractivity contribution in [2.24, 2.45) is 0 Å². The normalized spacial score (nSPS) is 12.6. The lowest BCUT2D eigenvalue weighted by atomic mass is 10.2. The molecule has 0 bridgehead atoms. The standard InChI is InChI=1S/C13H15F3N2O3/c1-8(19)5-6-17-11(20)12(21)18-10-4-2-3-9(7-10)13(14,15)16/h2-4,7-8,19H,5-6H2,1H3,(H,17,20)(H,18,21). The number of hydrogen-bond acceptors (Lipinski definition) is 3. The second kappa shape index (κ2) is 7.07. The molecular weight excluding hydrogens is 289 g/mol. The van der Waals surface area contributed by atoms with Gasteiger partial charge in [-0.3, -0.25) is 9.59 Å². The van der Waals surface area contributed by atoms with Crippen molar-refractivity contribution in [1.29, 1.82) is 0 Å². The molecule has 1 aromatic carbocycles. The van der Waals surface area contributed by atoms with E-state index in [-0.39, 0.29) is 18.7 Å². The Morgan fingerprint density at radius 2 is 1.95 bits per heavy atom. The van der Waals surface area contributed by atoms with Gasteiger partial charge in [0.15, 0.2) is 0 Å². The van der Waals surface area contributed by atoms with Crippen LogP contribution in [0.25, 0.3) is 0 Å². The van der Waals surface area contributed by atoms with Crippen LogP contribution in [0.3, 0.4) is 0 Å². The van der Waals surface area contributed by atoms with Crippen LogP contribution >= 0.6 is 0 Å². The fourth-order valence-electron chi connectivity index (χ4n) is 1.44. The number of carbonyl (C=O) groups excluding carboxylic acids is 2. The van der Waals surface area contributed by atoms with Crippen LogP contribution in [-0.4, -0.2) is 29.6 Å². The van der Waals surface area contributed by atoms with Gasteiger partial charge in [0.2, 0.25) is 0 Å². The Morgan fingerprint density at radius 3 is 2.52 bits per heavy atom. The number of alkyl halides is 3. The first kappa shape index (κ1) is 17.0. The first-order chi connectivity index (χ1) is 9.70. The van der Waals surface area contributed by atoms with Gasteiger partial charge in [-0.15, -0.1) is 0 Å². The first-order valence-electron chi connectivity index (χ1n) is 6.14. The highest BCUT2D eigenvalue weighted by Crippen LogP contribution is 2.30. The van der Waals surface area contributed by atoms with Gasteiger partial charge in [-0.25, -0.2) is 0 Å². The quantitative estimate of drug-likeness (QED) is 0.738. The Bertz CT molecular complexity index is 516. The Kier molecular flexibility index (Phi) is 5.71. The van der Waals surface area contributed by atoms with Crippen LogP contribution in [0, 0.1) is 0 Å². The highest BCUT2D eigenvalue weighted by molar-refractivity contribution is 6.39. The average Bonchev–Trinajstić information content (AvgIpc) is 2.37. The molecule has 0 fully saturated rings. The van der Waals surface area contributed by atoms with Gasteiger partial charge in [-0.2, -0.15) is 13.2 Å². The molecule has 0 saturated carbocycles. The van der Waals surface area contributed by atoms with E-state index in [2.05, 4.69) is 10.6 Å². The number of aliphatic hydroxyl groups is 1. The van der Waals surface area contributed by atoms with Gasteiger partial charge in [-0.1, -0.05) is 6.07 Å². The highest BCUT2D eigenvalue weighted by atomic mass is 19.4. The molecule has 0 aromatic heterocycles. The number of halogens is 3. The van der Waals surface area contributed by atoms with E-state index in [1.807, 2.05) is 0 Å². The van der Waals surface area contributed by atoms with Crippen LogP contribution in [0.1, 0.15) is 18.9 Å². The molecule has 2 amide bonds. The SMILES string of the molecule is CC(O)CCNC(=O)C(=O)Nc1cccc(C(F)(F)F)c1. The Labute approximate surface area is 119 Å². The molecule has 0 aliphatic carbocycles. The van der Waals surface area contributed by atoms with Crippen molar-refractivity contribution in [3.05, 3.63) is 29.8 Å². The van der Waals surface area contributed by atoms with Crippen LogP contribution in [0.4, 0.5) is 18.9 Å².